The van der Waals surface area contributed by atoms with Crippen molar-refractivity contribution in [3.8, 4) is 0 Å². The van der Waals surface area contributed by atoms with Crippen LogP contribution in [0.25, 0.3) is 10.9 Å². The summed E-state index contributed by atoms with van der Waals surface area (Å²) >= 11 is 0. The Bertz CT molecular complexity index is 760. The molecule has 0 spiro atoms. The van der Waals surface area contributed by atoms with Gasteiger partial charge in [-0.2, -0.15) is 0 Å². The second-order valence-electron chi connectivity index (χ2n) is 4.11. The highest BCUT2D eigenvalue weighted by molar-refractivity contribution is 6.06. The lowest BCUT2D eigenvalue weighted by atomic mass is 10.2. The summed E-state index contributed by atoms with van der Waals surface area (Å²) < 4.78 is 1.46. The average molecular weight is 250 g/mol. The molecule has 2 heterocycles. The Labute approximate surface area is 109 Å². The van der Waals surface area contributed by atoms with Crippen molar-refractivity contribution >= 4 is 23.1 Å². The normalized spacial score (nSPS) is 10.5. The molecule has 0 unspecified atom stereocenters. The van der Waals surface area contributed by atoms with Crippen LogP contribution in [0, 0.1) is 0 Å². The van der Waals surface area contributed by atoms with Gasteiger partial charge in [0.1, 0.15) is 5.69 Å². The third-order valence-electron chi connectivity index (χ3n) is 2.97. The van der Waals surface area contributed by atoms with Crippen LogP contribution in [0.3, 0.4) is 0 Å². The molecule has 0 radical (unpaired) electrons. The summed E-state index contributed by atoms with van der Waals surface area (Å²) in [5.41, 5.74) is 1.56. The zero-order valence-corrected chi connectivity index (χ0v) is 9.98. The molecule has 0 aliphatic heterocycles. The molecular weight excluding hydrogens is 240 g/mol. The number of hydrogen-bond donors (Lipinski definition) is 0. The van der Waals surface area contributed by atoms with E-state index < -0.39 is 0 Å². The molecule has 2 aromatic heterocycles. The average Bonchev–Trinajstić information content (AvgIpc) is 2.86. The van der Waals surface area contributed by atoms with E-state index >= 15 is 0 Å². The minimum absolute atomic E-state index is 0.245. The maximum absolute atomic E-state index is 12.4. The quantitative estimate of drug-likeness (QED) is 0.657. The van der Waals surface area contributed by atoms with Crippen LogP contribution in [0.5, 0.6) is 0 Å². The number of benzene rings is 1. The van der Waals surface area contributed by atoms with Gasteiger partial charge in [0.15, 0.2) is 6.29 Å². The lowest BCUT2D eigenvalue weighted by Crippen LogP contribution is -2.12. The van der Waals surface area contributed by atoms with Crippen LogP contribution in [-0.4, -0.2) is 21.7 Å². The fourth-order valence-electron chi connectivity index (χ4n) is 2.08. The molecule has 3 aromatic rings. The fraction of sp³-hybridized carbons (Fsp3) is 0. The van der Waals surface area contributed by atoms with Gasteiger partial charge in [-0.25, -0.2) is 0 Å². The maximum atomic E-state index is 12.4. The van der Waals surface area contributed by atoms with Gasteiger partial charge in [0.05, 0.1) is 5.52 Å². The molecule has 19 heavy (non-hydrogen) atoms. The fourth-order valence-corrected chi connectivity index (χ4v) is 2.08. The summed E-state index contributed by atoms with van der Waals surface area (Å²) in [6, 6.07) is 12.5. The Morgan fingerprint density at radius 2 is 1.89 bits per heavy atom. The van der Waals surface area contributed by atoms with Gasteiger partial charge in [-0.05, 0) is 18.2 Å². The summed E-state index contributed by atoms with van der Waals surface area (Å²) in [4.78, 5) is 27.5. The molecule has 0 bridgehead atoms. The van der Waals surface area contributed by atoms with Crippen LogP contribution in [0.4, 0.5) is 0 Å². The Balaban J connectivity index is 2.21. The highest BCUT2D eigenvalue weighted by Gasteiger charge is 2.15. The first-order chi connectivity index (χ1) is 9.31. The van der Waals surface area contributed by atoms with Crippen LogP contribution in [-0.2, 0) is 0 Å². The van der Waals surface area contributed by atoms with E-state index in [0.29, 0.717) is 16.8 Å². The van der Waals surface area contributed by atoms with Crippen molar-refractivity contribution in [1.82, 2.24) is 9.55 Å². The third-order valence-corrected chi connectivity index (χ3v) is 2.97. The van der Waals surface area contributed by atoms with Gasteiger partial charge in [0.25, 0.3) is 5.91 Å². The van der Waals surface area contributed by atoms with E-state index in [9.17, 15) is 9.59 Å². The van der Waals surface area contributed by atoms with E-state index in [-0.39, 0.29) is 5.91 Å². The zero-order chi connectivity index (χ0) is 13.2. The monoisotopic (exact) mass is 250 g/mol. The SMILES string of the molecule is O=Cc1cn(C(=O)c2ccccn2)c2ccccc12. The van der Waals surface area contributed by atoms with Gasteiger partial charge < -0.3 is 0 Å². The number of fused-ring (bicyclic) bond motifs is 1. The Hall–Kier alpha value is -2.75. The second kappa shape index (κ2) is 4.49. The Morgan fingerprint density at radius 3 is 2.63 bits per heavy atom. The largest absolute Gasteiger partial charge is 0.298 e. The van der Waals surface area contributed by atoms with E-state index in [1.807, 2.05) is 24.3 Å². The molecule has 1 aromatic carbocycles. The van der Waals surface area contributed by atoms with Crippen LogP contribution in [0.1, 0.15) is 20.8 Å². The van der Waals surface area contributed by atoms with Gasteiger partial charge in [-0.1, -0.05) is 24.3 Å². The van der Waals surface area contributed by atoms with Crippen molar-refractivity contribution in [3.63, 3.8) is 0 Å². The molecule has 0 saturated heterocycles. The van der Waals surface area contributed by atoms with Gasteiger partial charge >= 0.3 is 0 Å². The number of para-hydroxylation sites is 1. The number of nitrogens with zero attached hydrogens (tertiary/aromatic N) is 2. The lowest BCUT2D eigenvalue weighted by Gasteiger charge is -2.02. The third kappa shape index (κ3) is 1.83. The van der Waals surface area contributed by atoms with Gasteiger partial charge in [0.2, 0.25) is 0 Å². The number of hydrogen-bond acceptors (Lipinski definition) is 3. The summed E-state index contributed by atoms with van der Waals surface area (Å²) in [5, 5.41) is 0.766. The first-order valence-corrected chi connectivity index (χ1v) is 5.82. The molecule has 4 nitrogen and oxygen atoms in total. The molecule has 0 aliphatic carbocycles. The highest BCUT2D eigenvalue weighted by atomic mass is 16.2. The molecule has 0 amide bonds. The molecule has 0 saturated carbocycles. The van der Waals surface area contributed by atoms with Crippen LogP contribution >= 0.6 is 0 Å². The number of aldehydes is 1. The summed E-state index contributed by atoms with van der Waals surface area (Å²) in [6.07, 6.45) is 3.87. The standard InChI is InChI=1S/C15H10N2O2/c18-10-11-9-17(14-7-2-1-5-12(11)14)15(19)13-6-3-4-8-16-13/h1-10H. The second-order valence-corrected chi connectivity index (χ2v) is 4.11. The summed E-state index contributed by atoms with van der Waals surface area (Å²) in [7, 11) is 0. The molecule has 92 valence electrons. The number of carbonyl (C=O) groups is 2. The number of rotatable bonds is 2. The smallest absolute Gasteiger partial charge is 0.280 e. The summed E-state index contributed by atoms with van der Waals surface area (Å²) in [6.45, 7) is 0. The number of aromatic nitrogens is 2. The van der Waals surface area contributed by atoms with Crippen molar-refractivity contribution in [1.29, 1.82) is 0 Å². The summed E-state index contributed by atoms with van der Waals surface area (Å²) in [5.74, 6) is -0.245. The molecule has 3 rings (SSSR count). The molecule has 0 N–H and O–H groups in total. The van der Waals surface area contributed by atoms with E-state index in [0.717, 1.165) is 11.7 Å². The van der Waals surface area contributed by atoms with Crippen molar-refractivity contribution in [2.75, 3.05) is 0 Å². The van der Waals surface area contributed by atoms with Gasteiger partial charge in [-0.15, -0.1) is 0 Å². The number of pyridine rings is 1. The predicted octanol–water partition coefficient (Wildman–Crippen LogP) is 2.54. The lowest BCUT2D eigenvalue weighted by molar-refractivity contribution is 0.0960. The first kappa shape index (κ1) is 11.3. The molecule has 0 fully saturated rings. The number of carbonyl (C=O) groups excluding carboxylic acids is 2. The minimum atomic E-state index is -0.245. The Morgan fingerprint density at radius 1 is 1.11 bits per heavy atom. The Kier molecular flexibility index (Phi) is 2.68. The molecule has 0 aliphatic rings. The van der Waals surface area contributed by atoms with E-state index in [2.05, 4.69) is 4.98 Å². The maximum Gasteiger partial charge on any atom is 0.280 e. The first-order valence-electron chi connectivity index (χ1n) is 5.82. The van der Waals surface area contributed by atoms with Crippen molar-refractivity contribution < 1.29 is 9.59 Å². The van der Waals surface area contributed by atoms with Gasteiger partial charge in [-0.3, -0.25) is 19.1 Å². The van der Waals surface area contributed by atoms with Gasteiger partial charge in [0, 0.05) is 23.3 Å². The zero-order valence-electron chi connectivity index (χ0n) is 9.98. The molecular formula is C15H10N2O2. The predicted molar refractivity (Wildman–Crippen MR) is 71.3 cm³/mol. The van der Waals surface area contributed by atoms with Crippen LogP contribution in [0.15, 0.2) is 54.9 Å². The van der Waals surface area contributed by atoms with E-state index in [4.69, 9.17) is 0 Å². The minimum Gasteiger partial charge on any atom is -0.298 e. The molecule has 0 atom stereocenters. The van der Waals surface area contributed by atoms with E-state index in [1.54, 1.807) is 30.6 Å². The van der Waals surface area contributed by atoms with Crippen molar-refractivity contribution in [2.24, 2.45) is 0 Å². The highest BCUT2D eigenvalue weighted by Crippen LogP contribution is 2.20. The van der Waals surface area contributed by atoms with Crippen LogP contribution < -0.4 is 0 Å². The van der Waals surface area contributed by atoms with Crippen molar-refractivity contribution in [3.05, 3.63) is 66.1 Å². The van der Waals surface area contributed by atoms with E-state index in [1.165, 1.54) is 4.57 Å². The van der Waals surface area contributed by atoms with Crippen LogP contribution in [0.2, 0.25) is 0 Å². The topological polar surface area (TPSA) is 52.0 Å². The molecule has 4 heteroatoms. The van der Waals surface area contributed by atoms with Crippen molar-refractivity contribution in [2.45, 2.75) is 0 Å².